The number of ether oxygens (including phenoxy) is 1. The highest BCUT2D eigenvalue weighted by atomic mass is 16.5. The molecule has 0 unspecified atom stereocenters. The summed E-state index contributed by atoms with van der Waals surface area (Å²) in [6, 6.07) is 33.9. The van der Waals surface area contributed by atoms with Crippen LogP contribution in [0.4, 0.5) is 5.69 Å². The first kappa shape index (κ1) is 61.0. The van der Waals surface area contributed by atoms with E-state index in [-0.39, 0.29) is 46.3 Å². The normalized spacial score (nSPS) is 17.6. The number of benzene rings is 4. The van der Waals surface area contributed by atoms with Crippen LogP contribution in [0.3, 0.4) is 0 Å². The van der Waals surface area contributed by atoms with Crippen LogP contribution < -0.4 is 31.7 Å². The molecule has 77 heavy (non-hydrogen) atoms. The lowest BCUT2D eigenvalue weighted by Crippen LogP contribution is -2.50. The maximum Gasteiger partial charge on any atom is 0.272 e. The van der Waals surface area contributed by atoms with Gasteiger partial charge in [-0.05, 0) is 116 Å². The Balaban J connectivity index is 0.000000285. The molecule has 0 bridgehead atoms. The summed E-state index contributed by atoms with van der Waals surface area (Å²) in [7, 11) is 1.69. The SMILES string of the molecule is CC(C)C[C@@H](C(=O)N[C@H]1CCCCN(Cc2cccc(Oc3ccccc3)c2)C1=O)[C@H](CCC(C)(C)C)C(N)=O.CC(C)C[C@@H](C(=O)N[C@H]1N=C(c2ccccc2)c2ccccc2N(C)C1=O)[C@H](CCC(C)(C)C)C(N)=O. The third kappa shape index (κ3) is 18.7. The third-order valence-corrected chi connectivity index (χ3v) is 14.3. The Morgan fingerprint density at radius 3 is 1.71 bits per heavy atom. The number of fused-ring (bicyclic) bond motifs is 1. The molecule has 2 aliphatic heterocycles. The van der Waals surface area contributed by atoms with E-state index in [2.05, 4.69) is 52.2 Å². The Labute approximate surface area is 458 Å². The van der Waals surface area contributed by atoms with Gasteiger partial charge in [0.05, 0.1) is 11.4 Å². The molecular formula is C63H87N7O7. The summed E-state index contributed by atoms with van der Waals surface area (Å²) in [4.78, 5) is 87.8. The van der Waals surface area contributed by atoms with Crippen molar-refractivity contribution in [2.75, 3.05) is 18.5 Å². The van der Waals surface area contributed by atoms with Gasteiger partial charge in [-0.15, -0.1) is 0 Å². The van der Waals surface area contributed by atoms with Crippen LogP contribution in [0.5, 0.6) is 11.5 Å². The lowest BCUT2D eigenvalue weighted by Gasteiger charge is -2.30. The van der Waals surface area contributed by atoms with Crippen LogP contribution in [-0.2, 0) is 35.3 Å². The number of rotatable bonds is 21. The van der Waals surface area contributed by atoms with Gasteiger partial charge in [0.25, 0.3) is 5.91 Å². The second-order valence-electron chi connectivity index (χ2n) is 24.2. The molecule has 1 fully saturated rings. The fraction of sp³-hybridized carbons (Fsp3) is 0.508. The van der Waals surface area contributed by atoms with E-state index in [1.807, 2.05) is 142 Å². The van der Waals surface area contributed by atoms with Crippen LogP contribution in [0.1, 0.15) is 144 Å². The fourth-order valence-corrected chi connectivity index (χ4v) is 10.1. The van der Waals surface area contributed by atoms with E-state index in [4.69, 9.17) is 21.2 Å². The molecule has 416 valence electrons. The maximum absolute atomic E-state index is 13.7. The van der Waals surface area contributed by atoms with Crippen LogP contribution in [0, 0.1) is 46.3 Å². The molecule has 14 nitrogen and oxygen atoms in total. The van der Waals surface area contributed by atoms with Gasteiger partial charge in [-0.25, -0.2) is 4.99 Å². The van der Waals surface area contributed by atoms with Gasteiger partial charge >= 0.3 is 0 Å². The largest absolute Gasteiger partial charge is 0.457 e. The van der Waals surface area contributed by atoms with Crippen molar-refractivity contribution in [3.8, 4) is 11.5 Å². The van der Waals surface area contributed by atoms with E-state index in [1.54, 1.807) is 7.05 Å². The van der Waals surface area contributed by atoms with Gasteiger partial charge in [0.1, 0.15) is 17.5 Å². The van der Waals surface area contributed by atoms with Crippen LogP contribution in [0.15, 0.2) is 114 Å². The lowest BCUT2D eigenvalue weighted by atomic mass is 9.78. The number of carbonyl (C=O) groups excluding carboxylic acids is 6. The van der Waals surface area contributed by atoms with Crippen molar-refractivity contribution < 1.29 is 33.5 Å². The van der Waals surface area contributed by atoms with Crippen molar-refractivity contribution >= 4 is 46.8 Å². The molecule has 1 saturated heterocycles. The monoisotopic (exact) mass is 1050 g/mol. The second kappa shape index (κ2) is 28.0. The molecule has 14 heteroatoms. The number of carbonyl (C=O) groups is 6. The number of aliphatic imine (C=N–C) groups is 1. The van der Waals surface area contributed by atoms with Crippen molar-refractivity contribution in [3.05, 3.63) is 126 Å². The molecule has 2 heterocycles. The van der Waals surface area contributed by atoms with Crippen molar-refractivity contribution in [1.29, 1.82) is 0 Å². The summed E-state index contributed by atoms with van der Waals surface area (Å²) in [5, 5.41) is 5.93. The number of primary amides is 2. The summed E-state index contributed by atoms with van der Waals surface area (Å²) in [5.41, 5.74) is 15.6. The Morgan fingerprint density at radius 2 is 1.17 bits per heavy atom. The number of nitrogens with two attached hydrogens (primary N) is 2. The minimum absolute atomic E-state index is 0.00677. The number of hydrogen-bond donors (Lipinski definition) is 4. The summed E-state index contributed by atoms with van der Waals surface area (Å²) in [5.74, 6) is -2.57. The summed E-state index contributed by atoms with van der Waals surface area (Å²) in [6.45, 7) is 21.8. The molecule has 0 aromatic heterocycles. The van der Waals surface area contributed by atoms with Gasteiger partial charge in [-0.1, -0.05) is 148 Å². The average molecular weight is 1050 g/mol. The second-order valence-corrected chi connectivity index (χ2v) is 24.2. The Bertz CT molecular complexity index is 2640. The van der Waals surface area contributed by atoms with E-state index in [1.165, 1.54) is 4.90 Å². The van der Waals surface area contributed by atoms with Crippen LogP contribution in [0.2, 0.25) is 0 Å². The van der Waals surface area contributed by atoms with Gasteiger partial charge in [0, 0.05) is 54.9 Å². The van der Waals surface area contributed by atoms with Gasteiger partial charge in [0.2, 0.25) is 35.7 Å². The molecule has 0 spiro atoms. The van der Waals surface area contributed by atoms with E-state index in [0.29, 0.717) is 62.3 Å². The summed E-state index contributed by atoms with van der Waals surface area (Å²) >= 11 is 0. The zero-order valence-corrected chi connectivity index (χ0v) is 47.6. The molecule has 4 aromatic rings. The number of likely N-dealkylation sites (tertiary alicyclic amines) is 1. The molecule has 6 rings (SSSR count). The van der Waals surface area contributed by atoms with Crippen LogP contribution in [0.25, 0.3) is 0 Å². The third-order valence-electron chi connectivity index (χ3n) is 14.3. The standard InChI is InChI=1S/C33H47N3O4.C30H40N4O3/c1-23(2)20-28(27(30(34)37)17-18-33(3,4)5)31(38)35-29-16-9-10-19-36(32(29)39)22-24-12-11-15-26(21-24)40-25-13-7-6-8-14-25;1-19(2)18-23(21(26(31)35)16-17-30(3,4)5)28(36)33-27-29(37)34(6)24-15-11-10-14-22(24)25(32-27)20-12-8-7-9-13-20/h6-8,11-15,21,23,27-29H,9-10,16-20,22H2,1-5H3,(H2,34,37)(H,35,38);7-15,19,21,23,27H,16-18H2,1-6H3,(H2,31,35)(H,33,36)/t27-,28+,29-;21-,23+,27+/m00/s1. The number of amides is 6. The number of para-hydroxylation sites is 2. The molecule has 0 radical (unpaired) electrons. The number of nitrogens with one attached hydrogen (secondary N) is 2. The Morgan fingerprint density at radius 1 is 0.649 bits per heavy atom. The predicted molar refractivity (Wildman–Crippen MR) is 307 cm³/mol. The minimum atomic E-state index is -1.13. The van der Waals surface area contributed by atoms with Gasteiger partial charge in [-0.3, -0.25) is 28.8 Å². The van der Waals surface area contributed by atoms with Gasteiger partial charge < -0.3 is 36.6 Å². The molecule has 2 aliphatic rings. The first-order valence-electron chi connectivity index (χ1n) is 27.6. The quantitative estimate of drug-likeness (QED) is 0.0634. The number of benzodiazepines with no additional fused rings is 1. The van der Waals surface area contributed by atoms with Crippen molar-refractivity contribution in [2.45, 2.75) is 146 Å². The topological polar surface area (TPSA) is 207 Å². The molecule has 0 saturated carbocycles. The van der Waals surface area contributed by atoms with E-state index in [0.717, 1.165) is 48.1 Å². The molecule has 6 N–H and O–H groups in total. The highest BCUT2D eigenvalue weighted by Crippen LogP contribution is 2.34. The van der Waals surface area contributed by atoms with Crippen molar-refractivity contribution in [3.63, 3.8) is 0 Å². The first-order valence-corrected chi connectivity index (χ1v) is 27.6. The predicted octanol–water partition coefficient (Wildman–Crippen LogP) is 10.6. The molecule has 6 amide bonds. The summed E-state index contributed by atoms with van der Waals surface area (Å²) in [6.07, 6.45) is 4.76. The zero-order valence-electron chi connectivity index (χ0n) is 47.6. The highest BCUT2D eigenvalue weighted by molar-refractivity contribution is 6.20. The number of anilines is 1. The minimum Gasteiger partial charge on any atom is -0.457 e. The first-order chi connectivity index (χ1) is 36.3. The van der Waals surface area contributed by atoms with Crippen molar-refractivity contribution in [1.82, 2.24) is 15.5 Å². The Kier molecular flexibility index (Phi) is 22.2. The average Bonchev–Trinajstić information content (AvgIpc) is 3.61. The van der Waals surface area contributed by atoms with Gasteiger partial charge in [-0.2, -0.15) is 0 Å². The fourth-order valence-electron chi connectivity index (χ4n) is 10.1. The Hall–Kier alpha value is -6.83. The molecular weight excluding hydrogens is 967 g/mol. The van der Waals surface area contributed by atoms with E-state index < -0.39 is 47.7 Å². The van der Waals surface area contributed by atoms with Crippen LogP contribution >= 0.6 is 0 Å². The number of nitrogens with zero attached hydrogens (tertiary/aromatic N) is 3. The highest BCUT2D eigenvalue weighted by Gasteiger charge is 2.39. The molecule has 4 aromatic carbocycles. The summed E-state index contributed by atoms with van der Waals surface area (Å²) < 4.78 is 5.98. The van der Waals surface area contributed by atoms with E-state index in [9.17, 15) is 28.8 Å². The molecule has 6 atom stereocenters. The number of hydrogen-bond acceptors (Lipinski definition) is 8. The number of likely N-dealkylation sites (N-methyl/N-ethyl adjacent to an activating group) is 1. The van der Waals surface area contributed by atoms with E-state index >= 15 is 0 Å². The molecule has 0 aliphatic carbocycles. The maximum atomic E-state index is 13.7. The lowest BCUT2D eigenvalue weighted by molar-refractivity contribution is -0.139. The zero-order chi connectivity index (χ0) is 56.6. The van der Waals surface area contributed by atoms with Crippen molar-refractivity contribution in [2.24, 2.45) is 62.8 Å². The van der Waals surface area contributed by atoms with Crippen LogP contribution in [-0.4, -0.2) is 71.9 Å². The van der Waals surface area contributed by atoms with Gasteiger partial charge in [0.15, 0.2) is 0 Å². The smallest absolute Gasteiger partial charge is 0.272 e.